The van der Waals surface area contributed by atoms with Crippen LogP contribution in [-0.2, 0) is 11.2 Å². The van der Waals surface area contributed by atoms with Crippen LogP contribution in [0.25, 0.3) is 0 Å². The number of amides is 1. The number of aryl methyl sites for hydroxylation is 1. The van der Waals surface area contributed by atoms with Gasteiger partial charge in [0.05, 0.1) is 4.92 Å². The van der Waals surface area contributed by atoms with Crippen LogP contribution >= 0.6 is 0 Å². The lowest BCUT2D eigenvalue weighted by atomic mass is 10.1. The molecule has 0 spiro atoms. The highest BCUT2D eigenvalue weighted by molar-refractivity contribution is 5.76. The Morgan fingerprint density at radius 1 is 1.40 bits per heavy atom. The van der Waals surface area contributed by atoms with Crippen LogP contribution < -0.4 is 10.6 Å². The summed E-state index contributed by atoms with van der Waals surface area (Å²) < 4.78 is 0. The number of nitrogens with zero attached hydrogens (tertiary/aromatic N) is 1. The maximum atomic E-state index is 11.8. The van der Waals surface area contributed by atoms with Gasteiger partial charge in [0.15, 0.2) is 0 Å². The predicted octanol–water partition coefficient (Wildman–Crippen LogP) is 1.40. The van der Waals surface area contributed by atoms with Crippen molar-refractivity contribution in [2.24, 2.45) is 0 Å². The number of nitro groups is 1. The number of nitrogens with one attached hydrogen (secondary N) is 2. The molecule has 1 heterocycles. The number of hydrogen-bond donors (Lipinski definition) is 2. The monoisotopic (exact) mass is 277 g/mol. The van der Waals surface area contributed by atoms with E-state index < -0.39 is 4.92 Å². The molecule has 0 radical (unpaired) electrons. The lowest BCUT2D eigenvalue weighted by Gasteiger charge is -2.23. The first-order valence-electron chi connectivity index (χ1n) is 6.88. The van der Waals surface area contributed by atoms with Gasteiger partial charge in [0.1, 0.15) is 0 Å². The lowest BCUT2D eigenvalue weighted by Crippen LogP contribution is -2.42. The van der Waals surface area contributed by atoms with Gasteiger partial charge in [-0.25, -0.2) is 0 Å². The van der Waals surface area contributed by atoms with Crippen molar-refractivity contribution >= 4 is 11.6 Å². The summed E-state index contributed by atoms with van der Waals surface area (Å²) in [5, 5.41) is 16.9. The van der Waals surface area contributed by atoms with E-state index in [0.717, 1.165) is 31.5 Å². The van der Waals surface area contributed by atoms with Crippen molar-refractivity contribution in [1.82, 2.24) is 10.6 Å². The molecule has 0 aliphatic carbocycles. The smallest absolute Gasteiger partial charge is 0.269 e. The molecule has 2 rings (SSSR count). The van der Waals surface area contributed by atoms with Crippen molar-refractivity contribution in [1.29, 1.82) is 0 Å². The first-order chi connectivity index (χ1) is 9.65. The summed E-state index contributed by atoms with van der Waals surface area (Å²) in [7, 11) is 0. The number of nitro benzene ring substituents is 1. The summed E-state index contributed by atoms with van der Waals surface area (Å²) in [6.07, 6.45) is 2.81. The van der Waals surface area contributed by atoms with E-state index in [2.05, 4.69) is 10.6 Å². The molecule has 1 aliphatic rings. The van der Waals surface area contributed by atoms with Gasteiger partial charge in [-0.1, -0.05) is 12.1 Å². The first kappa shape index (κ1) is 14.5. The zero-order valence-electron chi connectivity index (χ0n) is 11.3. The molecule has 0 bridgehead atoms. The normalized spacial score (nSPS) is 15.8. The number of rotatable bonds is 5. The van der Waals surface area contributed by atoms with Gasteiger partial charge in [0.25, 0.3) is 5.69 Å². The number of benzene rings is 1. The number of carbonyl (C=O) groups excluding carboxylic acids is 1. The van der Waals surface area contributed by atoms with Gasteiger partial charge in [0, 0.05) is 24.6 Å². The van der Waals surface area contributed by atoms with Gasteiger partial charge in [0.2, 0.25) is 5.91 Å². The third-order valence-corrected chi connectivity index (χ3v) is 3.47. The third-order valence-electron chi connectivity index (χ3n) is 3.47. The molecule has 1 aromatic carbocycles. The van der Waals surface area contributed by atoms with Gasteiger partial charge < -0.3 is 10.6 Å². The molecule has 6 nitrogen and oxygen atoms in total. The maximum absolute atomic E-state index is 11.8. The minimum atomic E-state index is -0.418. The average Bonchev–Trinajstić information content (AvgIpc) is 2.46. The van der Waals surface area contributed by atoms with E-state index in [0.29, 0.717) is 12.8 Å². The summed E-state index contributed by atoms with van der Waals surface area (Å²) in [5.74, 6) is 0.0170. The van der Waals surface area contributed by atoms with Crippen LogP contribution in [0.3, 0.4) is 0 Å². The van der Waals surface area contributed by atoms with Crippen LogP contribution in [0.1, 0.15) is 24.8 Å². The molecule has 0 unspecified atom stereocenters. The first-order valence-corrected chi connectivity index (χ1v) is 6.88. The minimum absolute atomic E-state index is 0.0170. The Labute approximate surface area is 117 Å². The third kappa shape index (κ3) is 4.31. The number of piperidine rings is 1. The second-order valence-corrected chi connectivity index (χ2v) is 5.02. The van der Waals surface area contributed by atoms with E-state index in [9.17, 15) is 14.9 Å². The molecule has 108 valence electrons. The van der Waals surface area contributed by atoms with Gasteiger partial charge in [-0.3, -0.25) is 14.9 Å². The van der Waals surface area contributed by atoms with Crippen molar-refractivity contribution in [2.45, 2.75) is 31.7 Å². The molecule has 1 amide bonds. The fraction of sp³-hybridized carbons (Fsp3) is 0.500. The van der Waals surface area contributed by atoms with Crippen LogP contribution in [0, 0.1) is 10.1 Å². The van der Waals surface area contributed by atoms with E-state index in [1.54, 1.807) is 6.07 Å². The van der Waals surface area contributed by atoms with Gasteiger partial charge in [-0.15, -0.1) is 0 Å². The van der Waals surface area contributed by atoms with Crippen molar-refractivity contribution in [3.8, 4) is 0 Å². The van der Waals surface area contributed by atoms with E-state index in [1.807, 2.05) is 6.07 Å². The highest BCUT2D eigenvalue weighted by atomic mass is 16.6. The maximum Gasteiger partial charge on any atom is 0.269 e. The quantitative estimate of drug-likeness (QED) is 0.629. The highest BCUT2D eigenvalue weighted by Gasteiger charge is 2.15. The molecule has 6 heteroatoms. The molecular formula is C14H19N3O3. The van der Waals surface area contributed by atoms with E-state index in [1.165, 1.54) is 12.1 Å². The Morgan fingerprint density at radius 3 is 2.85 bits per heavy atom. The summed E-state index contributed by atoms with van der Waals surface area (Å²) in [6, 6.07) is 6.70. The van der Waals surface area contributed by atoms with Crippen LogP contribution in [0.4, 0.5) is 5.69 Å². The lowest BCUT2D eigenvalue weighted by molar-refractivity contribution is -0.384. The fourth-order valence-electron chi connectivity index (χ4n) is 2.35. The zero-order chi connectivity index (χ0) is 14.4. The Hall–Kier alpha value is -1.95. The second-order valence-electron chi connectivity index (χ2n) is 5.02. The average molecular weight is 277 g/mol. The Kier molecular flexibility index (Phi) is 5.06. The summed E-state index contributed by atoms with van der Waals surface area (Å²) in [5.41, 5.74) is 0.890. The molecule has 1 aliphatic heterocycles. The number of hydrogen-bond acceptors (Lipinski definition) is 4. The van der Waals surface area contributed by atoms with Crippen molar-refractivity contribution in [2.75, 3.05) is 13.1 Å². The molecule has 20 heavy (non-hydrogen) atoms. The standard InChI is InChI=1S/C14H19N3O3/c18-14(16-12-6-8-15-9-7-12)5-4-11-2-1-3-13(10-11)17(19)20/h1-3,10,12,15H,4-9H2,(H,16,18). The Morgan fingerprint density at radius 2 is 2.15 bits per heavy atom. The van der Waals surface area contributed by atoms with Crippen molar-refractivity contribution < 1.29 is 9.72 Å². The van der Waals surface area contributed by atoms with Gasteiger partial charge in [-0.2, -0.15) is 0 Å². The molecular weight excluding hydrogens is 258 g/mol. The van der Waals surface area contributed by atoms with Crippen LogP contribution in [0.5, 0.6) is 0 Å². The Bertz CT molecular complexity index is 484. The topological polar surface area (TPSA) is 84.3 Å². The predicted molar refractivity (Wildman–Crippen MR) is 75.5 cm³/mol. The number of carbonyl (C=O) groups is 1. The molecule has 2 N–H and O–H groups in total. The summed E-state index contributed by atoms with van der Waals surface area (Å²) in [4.78, 5) is 22.1. The summed E-state index contributed by atoms with van der Waals surface area (Å²) >= 11 is 0. The number of non-ortho nitro benzene ring substituents is 1. The molecule has 0 atom stereocenters. The minimum Gasteiger partial charge on any atom is -0.353 e. The molecule has 0 saturated carbocycles. The van der Waals surface area contributed by atoms with Crippen molar-refractivity contribution in [3.63, 3.8) is 0 Å². The van der Waals surface area contributed by atoms with Gasteiger partial charge >= 0.3 is 0 Å². The molecule has 0 aromatic heterocycles. The second kappa shape index (κ2) is 7.00. The van der Waals surface area contributed by atoms with E-state index in [4.69, 9.17) is 0 Å². The summed E-state index contributed by atoms with van der Waals surface area (Å²) in [6.45, 7) is 1.88. The highest BCUT2D eigenvalue weighted by Crippen LogP contribution is 2.14. The van der Waals surface area contributed by atoms with Crippen LogP contribution in [-0.4, -0.2) is 30.0 Å². The SMILES string of the molecule is O=C(CCc1cccc([N+](=O)[O-])c1)NC1CCNCC1. The Balaban J connectivity index is 1.80. The van der Waals surface area contributed by atoms with Crippen LogP contribution in [0.2, 0.25) is 0 Å². The molecule has 1 aromatic rings. The zero-order valence-corrected chi connectivity index (χ0v) is 11.3. The largest absolute Gasteiger partial charge is 0.353 e. The molecule has 1 fully saturated rings. The van der Waals surface area contributed by atoms with Crippen molar-refractivity contribution in [3.05, 3.63) is 39.9 Å². The molecule has 1 saturated heterocycles. The van der Waals surface area contributed by atoms with Crippen LogP contribution in [0.15, 0.2) is 24.3 Å². The van der Waals surface area contributed by atoms with Gasteiger partial charge in [-0.05, 0) is 37.9 Å². The van der Waals surface area contributed by atoms with E-state index >= 15 is 0 Å². The van der Waals surface area contributed by atoms with E-state index in [-0.39, 0.29) is 17.6 Å². The fourth-order valence-corrected chi connectivity index (χ4v) is 2.35.